The molecule has 2 N–H and O–H groups in total. The molecule has 0 spiro atoms. The van der Waals surface area contributed by atoms with Gasteiger partial charge >= 0.3 is 0 Å². The van der Waals surface area contributed by atoms with Gasteiger partial charge in [0.1, 0.15) is 24.1 Å². The summed E-state index contributed by atoms with van der Waals surface area (Å²) in [7, 11) is -5.17. The van der Waals surface area contributed by atoms with Crippen LogP contribution in [0.1, 0.15) is 5.56 Å². The molecule has 0 unspecified atom stereocenters. The number of hydrogen-bond donors (Lipinski definition) is 2. The molecule has 0 bridgehead atoms. The van der Waals surface area contributed by atoms with Crippen LogP contribution in [0.5, 0.6) is 5.75 Å². The number of aryl methyl sites for hydroxylation is 1. The van der Waals surface area contributed by atoms with Gasteiger partial charge in [-0.2, -0.15) is 0 Å². The van der Waals surface area contributed by atoms with Crippen LogP contribution in [0, 0.1) is 6.92 Å². The summed E-state index contributed by atoms with van der Waals surface area (Å²) in [6.07, 6.45) is -5.18. The van der Waals surface area contributed by atoms with Crippen LogP contribution in [0.3, 0.4) is 0 Å². The van der Waals surface area contributed by atoms with E-state index in [-0.39, 0.29) is 0 Å². The first-order valence-electron chi connectivity index (χ1n) is 6.18. The third kappa shape index (κ3) is 4.49. The van der Waals surface area contributed by atoms with Crippen LogP contribution in [-0.2, 0) is 13.8 Å². The van der Waals surface area contributed by atoms with E-state index in [2.05, 4.69) is 4.52 Å². The zero-order valence-electron chi connectivity index (χ0n) is 11.1. The minimum Gasteiger partial charge on any atom is -0.790 e. The molecule has 1 aromatic carbocycles. The van der Waals surface area contributed by atoms with Gasteiger partial charge < -0.3 is 38.6 Å². The first-order chi connectivity index (χ1) is 9.76. The minimum atomic E-state index is -5.17. The highest BCUT2D eigenvalue weighted by Gasteiger charge is 2.44. The number of ether oxygens (including phenoxy) is 2. The Bertz CT molecular complexity index is 512. The predicted molar refractivity (Wildman–Crippen MR) is 66.0 cm³/mol. The van der Waals surface area contributed by atoms with Gasteiger partial charge in [-0.1, -0.05) is 17.7 Å². The summed E-state index contributed by atoms with van der Waals surface area (Å²) >= 11 is 0. The van der Waals surface area contributed by atoms with E-state index >= 15 is 0 Å². The first kappa shape index (κ1) is 16.4. The van der Waals surface area contributed by atoms with Crippen molar-refractivity contribution in [3.05, 3.63) is 29.8 Å². The molecule has 2 rings (SSSR count). The molecule has 8 nitrogen and oxygen atoms in total. The molecule has 1 heterocycles. The molecular weight excluding hydrogens is 303 g/mol. The lowest BCUT2D eigenvalue weighted by atomic mass is 10.1. The van der Waals surface area contributed by atoms with Crippen molar-refractivity contribution in [2.24, 2.45) is 0 Å². The van der Waals surface area contributed by atoms with Gasteiger partial charge in [0, 0.05) is 0 Å². The molecule has 0 saturated carbocycles. The Morgan fingerprint density at radius 3 is 2.43 bits per heavy atom. The van der Waals surface area contributed by atoms with Crippen molar-refractivity contribution >= 4 is 7.82 Å². The lowest BCUT2D eigenvalue weighted by molar-refractivity contribution is -0.343. The van der Waals surface area contributed by atoms with E-state index in [1.807, 2.05) is 6.92 Å². The quantitative estimate of drug-likeness (QED) is 0.638. The third-order valence-electron chi connectivity index (χ3n) is 2.99. The number of phosphoric acid groups is 1. The lowest BCUT2D eigenvalue weighted by Gasteiger charge is -2.30. The van der Waals surface area contributed by atoms with Crippen LogP contribution in [-0.4, -0.2) is 41.4 Å². The predicted octanol–water partition coefficient (Wildman–Crippen LogP) is -1.33. The Labute approximate surface area is 121 Å². The van der Waals surface area contributed by atoms with Crippen molar-refractivity contribution in [1.29, 1.82) is 0 Å². The Hall–Kier alpha value is -0.990. The van der Waals surface area contributed by atoms with Gasteiger partial charge in [0.05, 0.1) is 14.4 Å². The summed E-state index contributed by atoms with van der Waals surface area (Å²) in [4.78, 5) is 20.8. The van der Waals surface area contributed by atoms with Crippen LogP contribution in [0.4, 0.5) is 0 Å². The number of hydrogen-bond acceptors (Lipinski definition) is 8. The second kappa shape index (κ2) is 6.41. The highest BCUT2D eigenvalue weighted by atomic mass is 31.2. The van der Waals surface area contributed by atoms with Crippen molar-refractivity contribution in [1.82, 2.24) is 0 Å². The molecule has 1 fully saturated rings. The molecule has 0 radical (unpaired) electrons. The zero-order valence-corrected chi connectivity index (χ0v) is 12.0. The molecule has 0 amide bonds. The molecule has 1 aliphatic heterocycles. The fourth-order valence-corrected chi connectivity index (χ4v) is 2.19. The van der Waals surface area contributed by atoms with E-state index in [0.717, 1.165) is 5.56 Å². The maximum absolute atomic E-state index is 10.4. The molecule has 0 aromatic heterocycles. The third-order valence-corrected chi connectivity index (χ3v) is 3.45. The van der Waals surface area contributed by atoms with Gasteiger partial charge in [0.2, 0.25) is 6.29 Å². The van der Waals surface area contributed by atoms with Gasteiger partial charge in [-0.05, 0) is 19.1 Å². The summed E-state index contributed by atoms with van der Waals surface area (Å²) in [6.45, 7) is 1.21. The molecule has 118 valence electrons. The Balaban J connectivity index is 1.96. The maximum Gasteiger partial charge on any atom is 0.229 e. The molecule has 1 aromatic rings. The van der Waals surface area contributed by atoms with Crippen LogP contribution in [0.2, 0.25) is 0 Å². The average Bonchev–Trinajstić information content (AvgIpc) is 2.66. The number of benzene rings is 1. The zero-order chi connectivity index (χ0) is 15.6. The summed E-state index contributed by atoms with van der Waals surface area (Å²) in [5.41, 5.74) is 1.02. The monoisotopic (exact) mass is 318 g/mol. The Morgan fingerprint density at radius 1 is 1.24 bits per heavy atom. The standard InChI is InChI=1S/C12H17O8P/c1-7-2-4-8(5-3-7)19-12-11(14)10(13)9(20-12)6-18-21(15,16)17/h2-5,9-14H,6H2,1H3,(H2,15,16,17)/p-2/t9-,10-,11-,12+/m1/s1. The molecule has 21 heavy (non-hydrogen) atoms. The van der Waals surface area contributed by atoms with Gasteiger partial charge in [-0.15, -0.1) is 0 Å². The molecule has 0 aliphatic carbocycles. The first-order valence-corrected chi connectivity index (χ1v) is 7.64. The van der Waals surface area contributed by atoms with Crippen LogP contribution >= 0.6 is 7.82 Å². The maximum atomic E-state index is 10.4. The van der Waals surface area contributed by atoms with E-state index in [1.54, 1.807) is 24.3 Å². The van der Waals surface area contributed by atoms with E-state index in [9.17, 15) is 24.6 Å². The summed E-state index contributed by atoms with van der Waals surface area (Å²) in [5, 5.41) is 19.5. The molecule has 1 aliphatic rings. The number of aliphatic hydroxyl groups excluding tert-OH is 2. The van der Waals surface area contributed by atoms with Crippen molar-refractivity contribution in [2.75, 3.05) is 6.61 Å². The van der Waals surface area contributed by atoms with Crippen LogP contribution < -0.4 is 14.5 Å². The fraction of sp³-hybridized carbons (Fsp3) is 0.500. The van der Waals surface area contributed by atoms with Gasteiger partial charge in [0.15, 0.2) is 0 Å². The number of phosphoric ester groups is 1. The van der Waals surface area contributed by atoms with Crippen LogP contribution in [0.15, 0.2) is 24.3 Å². The highest BCUT2D eigenvalue weighted by molar-refractivity contribution is 7.43. The molecule has 1 saturated heterocycles. The van der Waals surface area contributed by atoms with Crippen molar-refractivity contribution in [2.45, 2.75) is 31.5 Å². The van der Waals surface area contributed by atoms with Gasteiger partial charge in [-0.3, -0.25) is 0 Å². The second-order valence-electron chi connectivity index (χ2n) is 4.70. The van der Waals surface area contributed by atoms with Gasteiger partial charge in [-0.25, -0.2) is 0 Å². The topological polar surface area (TPSA) is 131 Å². The largest absolute Gasteiger partial charge is 0.790 e. The lowest BCUT2D eigenvalue weighted by Crippen LogP contribution is -2.36. The van der Waals surface area contributed by atoms with E-state index < -0.39 is 39.0 Å². The summed E-state index contributed by atoms with van der Waals surface area (Å²) < 4.78 is 25.0. The smallest absolute Gasteiger partial charge is 0.229 e. The molecular formula is C12H15O8P-2. The normalized spacial score (nSPS) is 29.6. The highest BCUT2D eigenvalue weighted by Crippen LogP contribution is 2.30. The number of aliphatic hydroxyl groups is 2. The summed E-state index contributed by atoms with van der Waals surface area (Å²) in [5.74, 6) is 0.414. The van der Waals surface area contributed by atoms with E-state index in [4.69, 9.17) is 9.47 Å². The number of rotatable bonds is 5. The average molecular weight is 318 g/mol. The van der Waals surface area contributed by atoms with Crippen LogP contribution in [0.25, 0.3) is 0 Å². The van der Waals surface area contributed by atoms with E-state index in [0.29, 0.717) is 5.75 Å². The fourth-order valence-electron chi connectivity index (χ4n) is 1.87. The van der Waals surface area contributed by atoms with Crippen molar-refractivity contribution in [3.8, 4) is 5.75 Å². The molecule has 9 heteroatoms. The Morgan fingerprint density at radius 2 is 1.86 bits per heavy atom. The summed E-state index contributed by atoms with van der Waals surface area (Å²) in [6, 6.07) is 6.90. The molecule has 4 atom stereocenters. The van der Waals surface area contributed by atoms with E-state index in [1.165, 1.54) is 0 Å². The van der Waals surface area contributed by atoms with Gasteiger partial charge in [0.25, 0.3) is 0 Å². The van der Waals surface area contributed by atoms with Crippen molar-refractivity contribution in [3.63, 3.8) is 0 Å². The minimum absolute atomic E-state index is 0.414. The Kier molecular flexibility index (Phi) is 5.00. The second-order valence-corrected chi connectivity index (χ2v) is 5.85. The SMILES string of the molecule is Cc1ccc(O[C@H]2O[C@H](COP(=O)([O-])[O-])[C@@H](O)[C@H]2O)cc1. The van der Waals surface area contributed by atoms with Crippen molar-refractivity contribution < 1.29 is 38.6 Å².